The molecule has 2 heterocycles. The van der Waals surface area contributed by atoms with Gasteiger partial charge in [0, 0.05) is 25.0 Å². The number of nitrogens with zero attached hydrogens (tertiary/aromatic N) is 5. The smallest absolute Gasteiger partial charge is 0.146 e. The fourth-order valence-electron chi connectivity index (χ4n) is 3.33. The largest absolute Gasteiger partial charge is 0.314 e. The van der Waals surface area contributed by atoms with Crippen LogP contribution in [0.4, 0.5) is 0 Å². The summed E-state index contributed by atoms with van der Waals surface area (Å²) in [5, 5.41) is 16.6. The summed E-state index contributed by atoms with van der Waals surface area (Å²) in [7, 11) is 0. The summed E-state index contributed by atoms with van der Waals surface area (Å²) in [5.74, 6) is 2.02. The van der Waals surface area contributed by atoms with Gasteiger partial charge in [-0.2, -0.15) is 5.10 Å². The summed E-state index contributed by atoms with van der Waals surface area (Å²) in [4.78, 5) is 0. The van der Waals surface area contributed by atoms with Crippen molar-refractivity contribution >= 4 is 0 Å². The maximum Gasteiger partial charge on any atom is 0.146 e. The number of aryl methyl sites for hydroxylation is 1. The molecule has 0 spiro atoms. The van der Waals surface area contributed by atoms with Gasteiger partial charge in [0.15, 0.2) is 0 Å². The zero-order chi connectivity index (χ0) is 14.7. The van der Waals surface area contributed by atoms with Crippen LogP contribution in [-0.4, -0.2) is 30.6 Å². The molecule has 0 saturated heterocycles. The zero-order valence-electron chi connectivity index (χ0n) is 12.9. The van der Waals surface area contributed by atoms with E-state index in [1.807, 2.05) is 19.2 Å². The fraction of sp³-hybridized carbons (Fsp3) is 0.667. The van der Waals surface area contributed by atoms with E-state index in [-0.39, 0.29) is 0 Å². The molecule has 21 heavy (non-hydrogen) atoms. The molecule has 6 nitrogen and oxygen atoms in total. The molecule has 2 atom stereocenters. The lowest BCUT2D eigenvalue weighted by molar-refractivity contribution is 0.243. The van der Waals surface area contributed by atoms with Crippen molar-refractivity contribution in [3.63, 3.8) is 0 Å². The van der Waals surface area contributed by atoms with Crippen molar-refractivity contribution in [2.45, 2.75) is 64.7 Å². The SMILES string of the molecule is CCn1c(C)nnc1CNC1CCCCC1n1cccn1. The highest BCUT2D eigenvalue weighted by molar-refractivity contribution is 4.95. The van der Waals surface area contributed by atoms with E-state index >= 15 is 0 Å². The van der Waals surface area contributed by atoms with E-state index in [0.717, 1.165) is 24.7 Å². The molecule has 0 aromatic carbocycles. The average molecular weight is 288 g/mol. The van der Waals surface area contributed by atoms with Gasteiger partial charge in [-0.25, -0.2) is 0 Å². The first-order valence-corrected chi connectivity index (χ1v) is 7.90. The minimum atomic E-state index is 0.452. The highest BCUT2D eigenvalue weighted by atomic mass is 15.3. The van der Waals surface area contributed by atoms with Crippen molar-refractivity contribution < 1.29 is 0 Å². The Kier molecular flexibility index (Phi) is 4.34. The van der Waals surface area contributed by atoms with E-state index < -0.39 is 0 Å². The van der Waals surface area contributed by atoms with Crippen molar-refractivity contribution in [3.8, 4) is 0 Å². The van der Waals surface area contributed by atoms with Gasteiger partial charge in [0.1, 0.15) is 11.6 Å². The highest BCUT2D eigenvalue weighted by Gasteiger charge is 2.26. The maximum absolute atomic E-state index is 4.43. The van der Waals surface area contributed by atoms with Gasteiger partial charge in [-0.15, -0.1) is 10.2 Å². The Hall–Kier alpha value is -1.69. The first-order chi connectivity index (χ1) is 10.3. The van der Waals surface area contributed by atoms with Crippen molar-refractivity contribution in [1.82, 2.24) is 29.9 Å². The monoisotopic (exact) mass is 288 g/mol. The molecule has 1 aliphatic carbocycles. The van der Waals surface area contributed by atoms with Crippen molar-refractivity contribution in [3.05, 3.63) is 30.1 Å². The van der Waals surface area contributed by atoms with Crippen LogP contribution in [0.25, 0.3) is 0 Å². The lowest BCUT2D eigenvalue weighted by Gasteiger charge is -2.32. The van der Waals surface area contributed by atoms with Crippen LogP contribution < -0.4 is 5.32 Å². The lowest BCUT2D eigenvalue weighted by atomic mass is 9.90. The van der Waals surface area contributed by atoms with Crippen LogP contribution in [0.5, 0.6) is 0 Å². The average Bonchev–Trinajstić information content (AvgIpc) is 3.15. The molecule has 0 bridgehead atoms. The van der Waals surface area contributed by atoms with Crippen LogP contribution in [0.15, 0.2) is 18.5 Å². The van der Waals surface area contributed by atoms with Crippen LogP contribution in [0, 0.1) is 6.92 Å². The number of nitrogens with one attached hydrogen (secondary N) is 1. The summed E-state index contributed by atoms with van der Waals surface area (Å²) >= 11 is 0. The Balaban J connectivity index is 1.67. The molecular weight excluding hydrogens is 264 g/mol. The Labute approximate surface area is 125 Å². The summed E-state index contributed by atoms with van der Waals surface area (Å²) in [6.07, 6.45) is 8.90. The summed E-state index contributed by atoms with van der Waals surface area (Å²) in [6, 6.07) is 2.91. The number of hydrogen-bond donors (Lipinski definition) is 1. The van der Waals surface area contributed by atoms with E-state index in [1.165, 1.54) is 25.7 Å². The second-order valence-electron chi connectivity index (χ2n) is 5.73. The third kappa shape index (κ3) is 3.00. The third-order valence-electron chi connectivity index (χ3n) is 4.45. The predicted molar refractivity (Wildman–Crippen MR) is 80.8 cm³/mol. The predicted octanol–water partition coefficient (Wildman–Crippen LogP) is 2.08. The normalized spacial score (nSPS) is 22.6. The summed E-state index contributed by atoms with van der Waals surface area (Å²) < 4.78 is 4.27. The van der Waals surface area contributed by atoms with E-state index in [4.69, 9.17) is 0 Å². The molecule has 6 heteroatoms. The summed E-state index contributed by atoms with van der Waals surface area (Å²) in [6.45, 7) is 5.83. The van der Waals surface area contributed by atoms with Gasteiger partial charge in [-0.1, -0.05) is 12.8 Å². The van der Waals surface area contributed by atoms with Crippen molar-refractivity contribution in [2.75, 3.05) is 0 Å². The standard InChI is InChI=1S/C15H24N6/c1-3-20-12(2)18-19-15(20)11-16-13-7-4-5-8-14(13)21-10-6-9-17-21/h6,9-10,13-14,16H,3-5,7-8,11H2,1-2H3. The molecule has 2 unspecified atom stereocenters. The lowest BCUT2D eigenvalue weighted by Crippen LogP contribution is -2.40. The molecule has 3 rings (SSSR count). The molecule has 1 aliphatic rings. The van der Waals surface area contributed by atoms with Gasteiger partial charge in [0.05, 0.1) is 12.6 Å². The molecule has 2 aromatic rings. The van der Waals surface area contributed by atoms with E-state index in [0.29, 0.717) is 12.1 Å². The Bertz CT molecular complexity index is 559. The summed E-state index contributed by atoms with van der Waals surface area (Å²) in [5.41, 5.74) is 0. The van der Waals surface area contributed by atoms with Crippen LogP contribution in [0.2, 0.25) is 0 Å². The Morgan fingerprint density at radius 2 is 2.14 bits per heavy atom. The highest BCUT2D eigenvalue weighted by Crippen LogP contribution is 2.28. The molecule has 1 N–H and O–H groups in total. The molecule has 114 valence electrons. The van der Waals surface area contributed by atoms with Gasteiger partial charge in [0.25, 0.3) is 0 Å². The van der Waals surface area contributed by atoms with Crippen LogP contribution in [0.3, 0.4) is 0 Å². The molecule has 2 aromatic heterocycles. The Morgan fingerprint density at radius 3 is 2.90 bits per heavy atom. The molecular formula is C15H24N6. The minimum absolute atomic E-state index is 0.452. The van der Waals surface area contributed by atoms with E-state index in [9.17, 15) is 0 Å². The van der Waals surface area contributed by atoms with Gasteiger partial charge < -0.3 is 9.88 Å². The topological polar surface area (TPSA) is 60.6 Å². The minimum Gasteiger partial charge on any atom is -0.314 e. The van der Waals surface area contributed by atoms with Gasteiger partial charge in [-0.05, 0) is 32.8 Å². The second-order valence-corrected chi connectivity index (χ2v) is 5.73. The number of aromatic nitrogens is 5. The fourth-order valence-corrected chi connectivity index (χ4v) is 3.33. The first-order valence-electron chi connectivity index (χ1n) is 7.90. The van der Waals surface area contributed by atoms with Crippen LogP contribution in [0.1, 0.15) is 50.3 Å². The Morgan fingerprint density at radius 1 is 1.29 bits per heavy atom. The van der Waals surface area contributed by atoms with Crippen molar-refractivity contribution in [1.29, 1.82) is 0 Å². The van der Waals surface area contributed by atoms with Gasteiger partial charge in [-0.3, -0.25) is 4.68 Å². The maximum atomic E-state index is 4.43. The number of hydrogen-bond acceptors (Lipinski definition) is 4. The quantitative estimate of drug-likeness (QED) is 0.915. The number of rotatable bonds is 5. The van der Waals surface area contributed by atoms with E-state index in [2.05, 4.69) is 43.0 Å². The van der Waals surface area contributed by atoms with Crippen LogP contribution >= 0.6 is 0 Å². The van der Waals surface area contributed by atoms with Gasteiger partial charge >= 0.3 is 0 Å². The molecule has 0 amide bonds. The zero-order valence-corrected chi connectivity index (χ0v) is 12.9. The molecule has 1 saturated carbocycles. The van der Waals surface area contributed by atoms with E-state index in [1.54, 1.807) is 0 Å². The molecule has 1 fully saturated rings. The van der Waals surface area contributed by atoms with Crippen molar-refractivity contribution in [2.24, 2.45) is 0 Å². The molecule has 0 radical (unpaired) electrons. The second kappa shape index (κ2) is 6.39. The third-order valence-corrected chi connectivity index (χ3v) is 4.45. The first kappa shape index (κ1) is 14.3. The van der Waals surface area contributed by atoms with Gasteiger partial charge in [0.2, 0.25) is 0 Å². The molecule has 0 aliphatic heterocycles. The van der Waals surface area contributed by atoms with Crippen LogP contribution in [-0.2, 0) is 13.1 Å².